The van der Waals surface area contributed by atoms with E-state index in [1.54, 1.807) is 4.90 Å². The van der Waals surface area contributed by atoms with E-state index in [0.717, 1.165) is 23.3 Å². The van der Waals surface area contributed by atoms with Gasteiger partial charge in [0.05, 0.1) is 17.5 Å². The van der Waals surface area contributed by atoms with Gasteiger partial charge in [0.15, 0.2) is 0 Å². The number of amides is 1. The van der Waals surface area contributed by atoms with Gasteiger partial charge in [0.25, 0.3) is 0 Å². The van der Waals surface area contributed by atoms with Crippen LogP contribution in [0.5, 0.6) is 11.5 Å². The number of anilines is 1. The van der Waals surface area contributed by atoms with Gasteiger partial charge in [0, 0.05) is 18.8 Å². The molecule has 0 atom stereocenters. The summed E-state index contributed by atoms with van der Waals surface area (Å²) in [6, 6.07) is 28.4. The number of aromatic carboxylic acids is 2. The van der Waals surface area contributed by atoms with Crippen molar-refractivity contribution in [3.8, 4) is 11.5 Å². The lowest BCUT2D eigenvalue weighted by Gasteiger charge is -2.24. The van der Waals surface area contributed by atoms with Crippen LogP contribution in [0, 0.1) is 0 Å². The minimum absolute atomic E-state index is 0.0822. The van der Waals surface area contributed by atoms with Gasteiger partial charge in [-0.1, -0.05) is 60.7 Å². The lowest BCUT2D eigenvalue weighted by Crippen LogP contribution is -2.32. The second-order valence-corrected chi connectivity index (χ2v) is 8.68. The summed E-state index contributed by atoms with van der Waals surface area (Å²) >= 11 is 0. The lowest BCUT2D eigenvalue weighted by molar-refractivity contribution is -0.131. The first-order valence-electron chi connectivity index (χ1n) is 11.8. The zero-order chi connectivity index (χ0) is 27.1. The van der Waals surface area contributed by atoms with Crippen LogP contribution in [-0.4, -0.2) is 33.0 Å². The molecule has 0 aliphatic carbocycles. The van der Waals surface area contributed by atoms with E-state index in [0.29, 0.717) is 11.5 Å². The van der Waals surface area contributed by atoms with Gasteiger partial charge in [-0.2, -0.15) is 0 Å². The van der Waals surface area contributed by atoms with Crippen molar-refractivity contribution in [3.05, 3.63) is 125 Å². The predicted octanol–water partition coefficient (Wildman–Crippen LogP) is 5.23. The first-order valence-corrected chi connectivity index (χ1v) is 11.8. The summed E-state index contributed by atoms with van der Waals surface area (Å²) < 4.78 is 5.84. The predicted molar refractivity (Wildman–Crippen MR) is 142 cm³/mol. The van der Waals surface area contributed by atoms with Crippen molar-refractivity contribution in [1.29, 1.82) is 0 Å². The summed E-state index contributed by atoms with van der Waals surface area (Å²) in [5, 5.41) is 19.1. The molecule has 0 saturated heterocycles. The number of hydrogen-bond donors (Lipinski definition) is 3. The zero-order valence-corrected chi connectivity index (χ0v) is 20.4. The molecule has 192 valence electrons. The number of ether oxygens (including phenoxy) is 1. The molecule has 0 unspecified atom stereocenters. The average molecular weight is 511 g/mol. The van der Waals surface area contributed by atoms with Crippen LogP contribution in [0.15, 0.2) is 97.1 Å². The normalized spacial score (nSPS) is 10.5. The molecule has 1 amide bonds. The third-order valence-electron chi connectivity index (χ3n) is 5.92. The number of carbonyl (C=O) groups is 3. The number of carbonyl (C=O) groups excluding carboxylic acids is 1. The molecule has 0 spiro atoms. The molecule has 0 saturated carbocycles. The van der Waals surface area contributed by atoms with Crippen molar-refractivity contribution < 1.29 is 29.3 Å². The Kier molecular flexibility index (Phi) is 8.03. The molecule has 0 aliphatic heterocycles. The number of nitrogens with two attached hydrogens (primary N) is 1. The number of para-hydroxylation sites is 1. The van der Waals surface area contributed by atoms with Crippen LogP contribution in [0.1, 0.15) is 37.4 Å². The van der Waals surface area contributed by atoms with E-state index < -0.39 is 11.9 Å². The van der Waals surface area contributed by atoms with Crippen LogP contribution in [0.2, 0.25) is 0 Å². The van der Waals surface area contributed by atoms with E-state index in [9.17, 15) is 24.6 Å². The summed E-state index contributed by atoms with van der Waals surface area (Å²) in [6.07, 6.45) is -0.301. The van der Waals surface area contributed by atoms with Crippen LogP contribution in [0.4, 0.5) is 5.69 Å². The highest BCUT2D eigenvalue weighted by atomic mass is 16.5. The fraction of sp³-hybridized carbons (Fsp3) is 0.100. The molecule has 4 aromatic carbocycles. The maximum absolute atomic E-state index is 13.5. The molecule has 4 aromatic rings. The van der Waals surface area contributed by atoms with Crippen LogP contribution in [0.25, 0.3) is 0 Å². The first kappa shape index (κ1) is 26.0. The van der Waals surface area contributed by atoms with E-state index in [1.807, 2.05) is 84.9 Å². The van der Waals surface area contributed by atoms with E-state index in [4.69, 9.17) is 10.5 Å². The van der Waals surface area contributed by atoms with Crippen molar-refractivity contribution in [1.82, 2.24) is 4.90 Å². The Balaban J connectivity index is 1.58. The van der Waals surface area contributed by atoms with Gasteiger partial charge in [-0.3, -0.25) is 4.79 Å². The average Bonchev–Trinajstić information content (AvgIpc) is 2.91. The van der Waals surface area contributed by atoms with Gasteiger partial charge in [-0.15, -0.1) is 0 Å². The molecule has 0 heterocycles. The summed E-state index contributed by atoms with van der Waals surface area (Å²) in [4.78, 5) is 38.5. The Bertz CT molecular complexity index is 1440. The molecule has 4 N–H and O–H groups in total. The third-order valence-corrected chi connectivity index (χ3v) is 5.92. The van der Waals surface area contributed by atoms with Gasteiger partial charge in [0.2, 0.25) is 5.91 Å². The fourth-order valence-electron chi connectivity index (χ4n) is 4.01. The van der Waals surface area contributed by atoms with Gasteiger partial charge in [0.1, 0.15) is 11.5 Å². The minimum Gasteiger partial charge on any atom is -0.478 e. The molecular formula is C30H26N2O6. The summed E-state index contributed by atoms with van der Waals surface area (Å²) in [5.74, 6) is -1.59. The number of carboxylic acid groups (broad SMARTS) is 2. The molecule has 4 rings (SSSR count). The Morgan fingerprint density at radius 1 is 0.684 bits per heavy atom. The molecule has 8 heteroatoms. The quantitative estimate of drug-likeness (QED) is 0.249. The van der Waals surface area contributed by atoms with Crippen molar-refractivity contribution in [2.75, 3.05) is 5.73 Å². The summed E-state index contributed by atoms with van der Waals surface area (Å²) in [7, 11) is 0. The first-order chi connectivity index (χ1) is 18.3. The highest BCUT2D eigenvalue weighted by Gasteiger charge is 2.22. The Labute approximate surface area is 219 Å². The van der Waals surface area contributed by atoms with E-state index >= 15 is 0 Å². The van der Waals surface area contributed by atoms with Crippen LogP contribution in [0.3, 0.4) is 0 Å². The van der Waals surface area contributed by atoms with Crippen molar-refractivity contribution in [2.24, 2.45) is 0 Å². The van der Waals surface area contributed by atoms with Crippen molar-refractivity contribution >= 4 is 23.5 Å². The molecule has 0 fully saturated rings. The van der Waals surface area contributed by atoms with Crippen LogP contribution >= 0.6 is 0 Å². The molecule has 8 nitrogen and oxygen atoms in total. The highest BCUT2D eigenvalue weighted by Crippen LogP contribution is 2.24. The number of benzene rings is 4. The largest absolute Gasteiger partial charge is 0.478 e. The van der Waals surface area contributed by atoms with Crippen LogP contribution in [-0.2, 0) is 24.3 Å². The number of nitrogens with zero attached hydrogens (tertiary/aromatic N) is 1. The monoisotopic (exact) mass is 510 g/mol. The Hall–Kier alpha value is -5.11. The highest BCUT2D eigenvalue weighted by molar-refractivity contribution is 5.99. The maximum Gasteiger partial charge on any atom is 0.337 e. The molecule has 0 aliphatic rings. The fourth-order valence-corrected chi connectivity index (χ4v) is 4.01. The SMILES string of the molecule is Nc1cc(C(=O)O)c(CC(=O)N(Cc2ccccc2)Cc2ccc(Oc3ccccc3)cc2)cc1C(=O)O. The molecule has 0 bridgehead atoms. The summed E-state index contributed by atoms with van der Waals surface area (Å²) in [6.45, 7) is 0.535. The molecular weight excluding hydrogens is 484 g/mol. The van der Waals surface area contributed by atoms with Gasteiger partial charge in [-0.05, 0) is 53.1 Å². The van der Waals surface area contributed by atoms with Gasteiger partial charge < -0.3 is 25.6 Å². The second-order valence-electron chi connectivity index (χ2n) is 8.68. The standard InChI is InChI=1S/C30H26N2O6/c31-27-17-25(29(34)35)22(15-26(27)30(36)37)16-28(33)32(18-20-7-3-1-4-8-20)19-21-11-13-24(14-12-21)38-23-9-5-2-6-10-23/h1-15,17H,16,18-19,31H2,(H,34,35)(H,36,37). The molecule has 0 aromatic heterocycles. The number of carboxylic acids is 2. The second kappa shape index (κ2) is 11.7. The van der Waals surface area contributed by atoms with E-state index in [2.05, 4.69) is 0 Å². The van der Waals surface area contributed by atoms with Gasteiger partial charge >= 0.3 is 11.9 Å². The van der Waals surface area contributed by atoms with E-state index in [-0.39, 0.29) is 47.8 Å². The molecule has 38 heavy (non-hydrogen) atoms. The van der Waals surface area contributed by atoms with Crippen molar-refractivity contribution in [3.63, 3.8) is 0 Å². The summed E-state index contributed by atoms with van der Waals surface area (Å²) in [5.41, 5.74) is 6.93. The lowest BCUT2D eigenvalue weighted by atomic mass is 9.98. The zero-order valence-electron chi connectivity index (χ0n) is 20.4. The molecule has 0 radical (unpaired) electrons. The van der Waals surface area contributed by atoms with Crippen LogP contribution < -0.4 is 10.5 Å². The maximum atomic E-state index is 13.5. The third kappa shape index (κ3) is 6.55. The van der Waals surface area contributed by atoms with Gasteiger partial charge in [-0.25, -0.2) is 9.59 Å². The Morgan fingerprint density at radius 3 is 1.79 bits per heavy atom. The number of hydrogen-bond acceptors (Lipinski definition) is 5. The van der Waals surface area contributed by atoms with Crippen molar-refractivity contribution in [2.45, 2.75) is 19.5 Å². The number of rotatable bonds is 10. The Morgan fingerprint density at radius 2 is 1.21 bits per heavy atom. The van der Waals surface area contributed by atoms with E-state index in [1.165, 1.54) is 0 Å². The topological polar surface area (TPSA) is 130 Å². The number of nitrogen functional groups attached to an aromatic ring is 1. The smallest absolute Gasteiger partial charge is 0.337 e. The minimum atomic E-state index is -1.30.